The van der Waals surface area contributed by atoms with Gasteiger partial charge in [0.25, 0.3) is 0 Å². The Morgan fingerprint density at radius 3 is 2.67 bits per heavy atom. The molecule has 1 unspecified atom stereocenters. The lowest BCUT2D eigenvalue weighted by atomic mass is 10.1. The first-order chi connectivity index (χ1) is 8.49. The number of para-hydroxylation sites is 1. The lowest BCUT2D eigenvalue weighted by Gasteiger charge is -2.06. The van der Waals surface area contributed by atoms with E-state index >= 15 is 0 Å². The van der Waals surface area contributed by atoms with Gasteiger partial charge in [0, 0.05) is 23.7 Å². The van der Waals surface area contributed by atoms with Crippen molar-refractivity contribution in [2.75, 3.05) is 7.11 Å². The summed E-state index contributed by atoms with van der Waals surface area (Å²) < 4.78 is 7.10. The average Bonchev–Trinajstić information content (AvgIpc) is 2.61. The van der Waals surface area contributed by atoms with Gasteiger partial charge >= 0.3 is 5.97 Å². The third kappa shape index (κ3) is 1.64. The van der Waals surface area contributed by atoms with Crippen molar-refractivity contribution >= 4 is 16.9 Å². The molecule has 0 aliphatic rings. The Balaban J connectivity index is 2.83. The molecule has 0 saturated heterocycles. The first kappa shape index (κ1) is 12.4. The second-order valence-corrected chi connectivity index (χ2v) is 4.16. The van der Waals surface area contributed by atoms with E-state index in [1.165, 1.54) is 0 Å². The fourth-order valence-electron chi connectivity index (χ4n) is 2.26. The number of fused-ring (bicyclic) bond motifs is 1. The van der Waals surface area contributed by atoms with Crippen LogP contribution in [0.25, 0.3) is 10.9 Å². The molecule has 0 aliphatic carbocycles. The number of benzene rings is 1. The van der Waals surface area contributed by atoms with E-state index in [2.05, 4.69) is 0 Å². The molecule has 0 fully saturated rings. The van der Waals surface area contributed by atoms with Crippen LogP contribution in [0.3, 0.4) is 0 Å². The molecular weight excluding hydrogens is 234 g/mol. The van der Waals surface area contributed by atoms with Crippen LogP contribution in [0.2, 0.25) is 0 Å². The number of carbonyl (C=O) groups is 1. The summed E-state index contributed by atoms with van der Waals surface area (Å²) in [6.45, 7) is 1.78. The summed E-state index contributed by atoms with van der Waals surface area (Å²) in [5.41, 5.74) is 1.91. The van der Waals surface area contributed by atoms with Crippen LogP contribution in [0.1, 0.15) is 17.4 Å². The summed E-state index contributed by atoms with van der Waals surface area (Å²) in [7, 11) is 3.38. The first-order valence-corrected chi connectivity index (χ1v) is 5.51. The van der Waals surface area contributed by atoms with E-state index in [1.807, 2.05) is 11.6 Å². The maximum absolute atomic E-state index is 11.0. The van der Waals surface area contributed by atoms with E-state index in [1.54, 1.807) is 32.2 Å². The van der Waals surface area contributed by atoms with Crippen LogP contribution >= 0.6 is 0 Å². The van der Waals surface area contributed by atoms with Gasteiger partial charge in [-0.25, -0.2) is 4.79 Å². The third-order valence-corrected chi connectivity index (χ3v) is 3.24. The van der Waals surface area contributed by atoms with Crippen molar-refractivity contribution in [3.05, 3.63) is 29.5 Å². The van der Waals surface area contributed by atoms with Crippen molar-refractivity contribution in [2.24, 2.45) is 7.05 Å². The fraction of sp³-hybridized carbons (Fsp3) is 0.308. The van der Waals surface area contributed by atoms with Crippen LogP contribution < -0.4 is 4.74 Å². The van der Waals surface area contributed by atoms with Crippen LogP contribution in [0.15, 0.2) is 18.2 Å². The highest BCUT2D eigenvalue weighted by molar-refractivity contribution is 5.93. The number of rotatable bonds is 3. The van der Waals surface area contributed by atoms with Gasteiger partial charge in [-0.1, -0.05) is 12.1 Å². The van der Waals surface area contributed by atoms with Gasteiger partial charge in [0.2, 0.25) is 0 Å². The predicted molar refractivity (Wildman–Crippen MR) is 66.8 cm³/mol. The fourth-order valence-corrected chi connectivity index (χ4v) is 2.26. The van der Waals surface area contributed by atoms with Gasteiger partial charge in [0.1, 0.15) is 5.75 Å². The minimum absolute atomic E-state index is 0.416. The van der Waals surface area contributed by atoms with Gasteiger partial charge in [-0.15, -0.1) is 0 Å². The van der Waals surface area contributed by atoms with E-state index in [0.717, 1.165) is 5.52 Å². The Kier molecular flexibility index (Phi) is 3.00. The van der Waals surface area contributed by atoms with E-state index in [0.29, 0.717) is 22.4 Å². The van der Waals surface area contributed by atoms with Gasteiger partial charge in [-0.2, -0.15) is 0 Å². The smallest absolute Gasteiger partial charge is 0.337 e. The summed E-state index contributed by atoms with van der Waals surface area (Å²) in [6.07, 6.45) is -1.53. The van der Waals surface area contributed by atoms with Crippen molar-refractivity contribution in [3.8, 4) is 5.75 Å². The summed E-state index contributed by atoms with van der Waals surface area (Å²) in [5, 5.41) is 19.5. The zero-order valence-corrected chi connectivity index (χ0v) is 10.5. The highest BCUT2D eigenvalue weighted by Gasteiger charge is 2.25. The minimum atomic E-state index is -1.53. The number of carboxylic acid groups (broad SMARTS) is 1. The molecule has 1 atom stereocenters. The minimum Gasteiger partial charge on any atom is -0.495 e. The second kappa shape index (κ2) is 4.34. The molecule has 0 radical (unpaired) electrons. The van der Waals surface area contributed by atoms with Crippen LogP contribution in [-0.4, -0.2) is 27.9 Å². The maximum atomic E-state index is 11.0. The molecule has 1 aromatic carbocycles. The molecule has 2 rings (SSSR count). The van der Waals surface area contributed by atoms with Crippen LogP contribution in [0.5, 0.6) is 5.75 Å². The number of nitrogens with zero attached hydrogens (tertiary/aromatic N) is 1. The number of aliphatic carboxylic acids is 1. The van der Waals surface area contributed by atoms with Crippen molar-refractivity contribution in [3.63, 3.8) is 0 Å². The molecule has 1 heterocycles. The Bertz CT molecular complexity index is 615. The second-order valence-electron chi connectivity index (χ2n) is 4.16. The van der Waals surface area contributed by atoms with Crippen LogP contribution in [0, 0.1) is 6.92 Å². The number of aliphatic hydroxyl groups is 1. The third-order valence-electron chi connectivity index (χ3n) is 3.24. The molecule has 18 heavy (non-hydrogen) atoms. The average molecular weight is 249 g/mol. The molecule has 96 valence electrons. The lowest BCUT2D eigenvalue weighted by Crippen LogP contribution is -2.11. The molecule has 0 bridgehead atoms. The van der Waals surface area contributed by atoms with Crippen molar-refractivity contribution < 1.29 is 19.7 Å². The summed E-state index contributed by atoms with van der Waals surface area (Å²) in [6, 6.07) is 5.36. The van der Waals surface area contributed by atoms with Crippen LogP contribution in [-0.2, 0) is 11.8 Å². The summed E-state index contributed by atoms with van der Waals surface area (Å²) >= 11 is 0. The highest BCUT2D eigenvalue weighted by Crippen LogP contribution is 2.35. The molecule has 0 spiro atoms. The van der Waals surface area contributed by atoms with Gasteiger partial charge in [0.15, 0.2) is 6.10 Å². The molecule has 2 N–H and O–H groups in total. The van der Waals surface area contributed by atoms with Gasteiger partial charge in [-0.05, 0) is 13.0 Å². The quantitative estimate of drug-likeness (QED) is 0.867. The topological polar surface area (TPSA) is 71.7 Å². The largest absolute Gasteiger partial charge is 0.495 e. The van der Waals surface area contributed by atoms with Gasteiger partial charge in [-0.3, -0.25) is 0 Å². The predicted octanol–water partition coefficient (Wildman–Crippen LogP) is 1.61. The molecule has 1 aromatic heterocycles. The first-order valence-electron chi connectivity index (χ1n) is 5.51. The number of carboxylic acids is 1. The molecule has 2 aromatic rings. The number of aryl methyl sites for hydroxylation is 1. The van der Waals surface area contributed by atoms with Crippen molar-refractivity contribution in [1.29, 1.82) is 0 Å². The Labute approximate surface area is 104 Å². The molecule has 0 aliphatic heterocycles. The number of ether oxygens (including phenoxy) is 1. The zero-order chi connectivity index (χ0) is 13.4. The van der Waals surface area contributed by atoms with Gasteiger partial charge in [0.05, 0.1) is 12.6 Å². The van der Waals surface area contributed by atoms with Gasteiger partial charge < -0.3 is 19.5 Å². The van der Waals surface area contributed by atoms with E-state index in [4.69, 9.17) is 9.84 Å². The molecule has 5 heteroatoms. The maximum Gasteiger partial charge on any atom is 0.337 e. The number of hydrogen-bond acceptors (Lipinski definition) is 3. The van der Waals surface area contributed by atoms with Crippen molar-refractivity contribution in [1.82, 2.24) is 4.57 Å². The number of methoxy groups -OCH3 is 1. The molecular formula is C13H15NO4. The lowest BCUT2D eigenvalue weighted by molar-refractivity contribution is -0.146. The SMILES string of the molecule is COc1cccc2c(C(O)C(=O)O)c(C)n(C)c12. The number of hydrogen-bond donors (Lipinski definition) is 2. The Hall–Kier alpha value is -2.01. The summed E-state index contributed by atoms with van der Waals surface area (Å²) in [4.78, 5) is 11.0. The van der Waals surface area contributed by atoms with E-state index in [-0.39, 0.29) is 0 Å². The molecule has 0 saturated carbocycles. The monoisotopic (exact) mass is 249 g/mol. The zero-order valence-electron chi connectivity index (χ0n) is 10.5. The number of aliphatic hydroxyl groups excluding tert-OH is 1. The van der Waals surface area contributed by atoms with Crippen molar-refractivity contribution in [2.45, 2.75) is 13.0 Å². The van der Waals surface area contributed by atoms with E-state index < -0.39 is 12.1 Å². The number of aromatic nitrogens is 1. The normalized spacial score (nSPS) is 12.7. The molecule has 0 amide bonds. The molecule has 5 nitrogen and oxygen atoms in total. The van der Waals surface area contributed by atoms with E-state index in [9.17, 15) is 9.90 Å². The standard InChI is InChI=1S/C13H15NO4/c1-7-10(12(15)13(16)17)8-5-4-6-9(18-3)11(8)14(7)2/h4-6,12,15H,1-3H3,(H,16,17). The Morgan fingerprint density at radius 1 is 1.44 bits per heavy atom. The highest BCUT2D eigenvalue weighted by atomic mass is 16.5. The summed E-state index contributed by atoms with van der Waals surface area (Å²) in [5.74, 6) is -0.602. The Morgan fingerprint density at radius 2 is 2.11 bits per heavy atom. The van der Waals surface area contributed by atoms with Crippen LogP contribution in [0.4, 0.5) is 0 Å².